The van der Waals surface area contributed by atoms with E-state index in [1.54, 1.807) is 31.5 Å². The predicted octanol–water partition coefficient (Wildman–Crippen LogP) is 1.32. The van der Waals surface area contributed by atoms with Gasteiger partial charge in [-0.1, -0.05) is 0 Å². The van der Waals surface area contributed by atoms with Crippen LogP contribution in [0.2, 0.25) is 0 Å². The Morgan fingerprint density at radius 2 is 2.00 bits per heavy atom. The van der Waals surface area contributed by atoms with Crippen molar-refractivity contribution >= 4 is 11.6 Å². The summed E-state index contributed by atoms with van der Waals surface area (Å²) in [4.78, 5) is 7.97. The van der Waals surface area contributed by atoms with Crippen LogP contribution in [-0.4, -0.2) is 17.1 Å². The molecule has 2 aromatic rings. The molecular formula is C11H12N4O. The summed E-state index contributed by atoms with van der Waals surface area (Å²) in [5, 5.41) is 0. The van der Waals surface area contributed by atoms with Crippen molar-refractivity contribution in [1.82, 2.24) is 9.97 Å². The molecule has 0 saturated carbocycles. The van der Waals surface area contributed by atoms with Crippen molar-refractivity contribution in [3.8, 4) is 17.0 Å². The van der Waals surface area contributed by atoms with E-state index >= 15 is 0 Å². The molecule has 0 atom stereocenters. The Morgan fingerprint density at radius 1 is 1.19 bits per heavy atom. The SMILES string of the molecule is COc1cc(N)ccc1-c1ccnc(N)n1. The molecule has 0 aliphatic rings. The number of hydrogen-bond donors (Lipinski definition) is 2. The summed E-state index contributed by atoms with van der Waals surface area (Å²) >= 11 is 0. The maximum atomic E-state index is 5.67. The minimum absolute atomic E-state index is 0.233. The van der Waals surface area contributed by atoms with Crippen LogP contribution in [0.5, 0.6) is 5.75 Å². The molecule has 0 radical (unpaired) electrons. The summed E-state index contributed by atoms with van der Waals surface area (Å²) < 4.78 is 5.24. The summed E-state index contributed by atoms with van der Waals surface area (Å²) in [6, 6.07) is 7.14. The first-order chi connectivity index (χ1) is 7.70. The van der Waals surface area contributed by atoms with E-state index in [2.05, 4.69) is 9.97 Å². The number of aromatic nitrogens is 2. The average molecular weight is 216 g/mol. The van der Waals surface area contributed by atoms with E-state index in [4.69, 9.17) is 16.2 Å². The maximum absolute atomic E-state index is 5.67. The third kappa shape index (κ3) is 1.88. The lowest BCUT2D eigenvalue weighted by Gasteiger charge is -2.08. The summed E-state index contributed by atoms with van der Waals surface area (Å²) in [5.41, 5.74) is 13.4. The second-order valence-corrected chi connectivity index (χ2v) is 3.26. The fourth-order valence-electron chi connectivity index (χ4n) is 1.44. The number of anilines is 2. The third-order valence-corrected chi connectivity index (χ3v) is 2.18. The second-order valence-electron chi connectivity index (χ2n) is 3.26. The first-order valence-corrected chi connectivity index (χ1v) is 4.73. The van der Waals surface area contributed by atoms with Gasteiger partial charge in [0.1, 0.15) is 5.75 Å². The van der Waals surface area contributed by atoms with Gasteiger partial charge >= 0.3 is 0 Å². The first-order valence-electron chi connectivity index (χ1n) is 4.73. The highest BCUT2D eigenvalue weighted by atomic mass is 16.5. The highest BCUT2D eigenvalue weighted by Gasteiger charge is 2.07. The van der Waals surface area contributed by atoms with Crippen molar-refractivity contribution in [2.24, 2.45) is 0 Å². The van der Waals surface area contributed by atoms with Crippen LogP contribution in [0.15, 0.2) is 30.5 Å². The Balaban J connectivity index is 2.55. The van der Waals surface area contributed by atoms with Gasteiger partial charge in [-0.2, -0.15) is 0 Å². The number of methoxy groups -OCH3 is 1. The molecule has 5 heteroatoms. The molecule has 1 heterocycles. The van der Waals surface area contributed by atoms with Crippen LogP contribution in [-0.2, 0) is 0 Å². The molecular weight excluding hydrogens is 204 g/mol. The topological polar surface area (TPSA) is 87.0 Å². The van der Waals surface area contributed by atoms with Gasteiger partial charge in [-0.05, 0) is 18.2 Å². The number of ether oxygens (including phenoxy) is 1. The van der Waals surface area contributed by atoms with Gasteiger partial charge in [0.25, 0.3) is 0 Å². The fraction of sp³-hybridized carbons (Fsp3) is 0.0909. The highest BCUT2D eigenvalue weighted by Crippen LogP contribution is 2.30. The summed E-state index contributed by atoms with van der Waals surface area (Å²) in [7, 11) is 1.59. The molecule has 0 amide bonds. The van der Waals surface area contributed by atoms with Crippen molar-refractivity contribution in [1.29, 1.82) is 0 Å². The molecule has 1 aromatic carbocycles. The van der Waals surface area contributed by atoms with Crippen molar-refractivity contribution in [3.05, 3.63) is 30.5 Å². The van der Waals surface area contributed by atoms with Gasteiger partial charge in [0.2, 0.25) is 5.95 Å². The Bertz CT molecular complexity index is 513. The van der Waals surface area contributed by atoms with E-state index in [1.807, 2.05) is 6.07 Å². The molecule has 0 spiro atoms. The van der Waals surface area contributed by atoms with E-state index in [-0.39, 0.29) is 5.95 Å². The van der Waals surface area contributed by atoms with Crippen molar-refractivity contribution in [2.45, 2.75) is 0 Å². The van der Waals surface area contributed by atoms with Crippen LogP contribution in [0.25, 0.3) is 11.3 Å². The van der Waals surface area contributed by atoms with Gasteiger partial charge in [0, 0.05) is 23.5 Å². The summed E-state index contributed by atoms with van der Waals surface area (Å²) in [5.74, 6) is 0.898. The molecule has 0 aliphatic carbocycles. The molecule has 0 saturated heterocycles. The average Bonchev–Trinajstić information content (AvgIpc) is 2.28. The van der Waals surface area contributed by atoms with E-state index in [1.165, 1.54) is 0 Å². The zero-order chi connectivity index (χ0) is 11.5. The number of benzene rings is 1. The molecule has 4 N–H and O–H groups in total. The first kappa shape index (κ1) is 10.2. The number of hydrogen-bond acceptors (Lipinski definition) is 5. The summed E-state index contributed by atoms with van der Waals surface area (Å²) in [6.07, 6.45) is 1.60. The smallest absolute Gasteiger partial charge is 0.220 e. The normalized spacial score (nSPS) is 10.1. The van der Waals surface area contributed by atoms with E-state index < -0.39 is 0 Å². The van der Waals surface area contributed by atoms with Gasteiger partial charge < -0.3 is 16.2 Å². The fourth-order valence-corrected chi connectivity index (χ4v) is 1.44. The largest absolute Gasteiger partial charge is 0.496 e. The minimum atomic E-state index is 0.233. The molecule has 2 rings (SSSR count). The quantitative estimate of drug-likeness (QED) is 0.739. The van der Waals surface area contributed by atoms with Gasteiger partial charge in [-0.15, -0.1) is 0 Å². The Kier molecular flexibility index (Phi) is 2.59. The van der Waals surface area contributed by atoms with Crippen LogP contribution in [0, 0.1) is 0 Å². The molecule has 82 valence electrons. The van der Waals surface area contributed by atoms with E-state index in [9.17, 15) is 0 Å². The molecule has 1 aromatic heterocycles. The van der Waals surface area contributed by atoms with Crippen LogP contribution in [0.3, 0.4) is 0 Å². The van der Waals surface area contributed by atoms with Crippen LogP contribution in [0.1, 0.15) is 0 Å². The number of nitrogen functional groups attached to an aromatic ring is 2. The van der Waals surface area contributed by atoms with E-state index in [0.717, 1.165) is 5.56 Å². The third-order valence-electron chi connectivity index (χ3n) is 2.18. The standard InChI is InChI=1S/C11H12N4O/c1-16-10-6-7(12)2-3-8(10)9-4-5-14-11(13)15-9/h2-6H,12H2,1H3,(H2,13,14,15). The van der Waals surface area contributed by atoms with E-state index in [0.29, 0.717) is 17.1 Å². The number of rotatable bonds is 2. The molecule has 0 fully saturated rings. The molecule has 0 unspecified atom stereocenters. The Hall–Kier alpha value is -2.30. The highest BCUT2D eigenvalue weighted by molar-refractivity contribution is 5.70. The van der Waals surface area contributed by atoms with Crippen molar-refractivity contribution in [3.63, 3.8) is 0 Å². The lowest BCUT2D eigenvalue weighted by Crippen LogP contribution is -1.97. The minimum Gasteiger partial charge on any atom is -0.496 e. The zero-order valence-electron chi connectivity index (χ0n) is 8.84. The molecule has 16 heavy (non-hydrogen) atoms. The second kappa shape index (κ2) is 4.06. The lowest BCUT2D eigenvalue weighted by atomic mass is 10.1. The lowest BCUT2D eigenvalue weighted by molar-refractivity contribution is 0.416. The van der Waals surface area contributed by atoms with Gasteiger partial charge in [0.05, 0.1) is 12.8 Å². The van der Waals surface area contributed by atoms with Crippen molar-refractivity contribution < 1.29 is 4.74 Å². The maximum Gasteiger partial charge on any atom is 0.220 e. The number of nitrogens with two attached hydrogens (primary N) is 2. The zero-order valence-corrected chi connectivity index (χ0v) is 8.84. The Labute approximate surface area is 93.1 Å². The molecule has 0 aliphatic heterocycles. The number of nitrogens with zero attached hydrogens (tertiary/aromatic N) is 2. The monoisotopic (exact) mass is 216 g/mol. The molecule has 0 bridgehead atoms. The van der Waals surface area contributed by atoms with Crippen molar-refractivity contribution in [2.75, 3.05) is 18.6 Å². The predicted molar refractivity (Wildman–Crippen MR) is 62.8 cm³/mol. The summed E-state index contributed by atoms with van der Waals surface area (Å²) in [6.45, 7) is 0. The van der Waals surface area contributed by atoms with Gasteiger partial charge in [-0.25, -0.2) is 9.97 Å². The van der Waals surface area contributed by atoms with Crippen LogP contribution >= 0.6 is 0 Å². The van der Waals surface area contributed by atoms with Gasteiger partial charge in [-0.3, -0.25) is 0 Å². The van der Waals surface area contributed by atoms with Gasteiger partial charge in [0.15, 0.2) is 0 Å². The van der Waals surface area contributed by atoms with Crippen LogP contribution in [0.4, 0.5) is 11.6 Å². The van der Waals surface area contributed by atoms with Crippen LogP contribution < -0.4 is 16.2 Å². The molecule has 5 nitrogen and oxygen atoms in total. The Morgan fingerprint density at radius 3 is 2.69 bits per heavy atom.